The molecular formula is C19H22N6O2. The van der Waals surface area contributed by atoms with E-state index < -0.39 is 0 Å². The lowest BCUT2D eigenvalue weighted by atomic mass is 10.1. The number of ether oxygens (including phenoxy) is 1. The zero-order chi connectivity index (χ0) is 19.4. The van der Waals surface area contributed by atoms with Crippen LogP contribution in [0.15, 0.2) is 49.5 Å². The van der Waals surface area contributed by atoms with Crippen molar-refractivity contribution < 1.29 is 11.0 Å². The zero-order valence-electron chi connectivity index (χ0n) is 15.2. The van der Waals surface area contributed by atoms with Crippen LogP contribution in [0.5, 0.6) is 5.75 Å². The molecule has 0 unspecified atom stereocenters. The Hall–Kier alpha value is -3.68. The van der Waals surface area contributed by atoms with Crippen LogP contribution in [-0.4, -0.2) is 32.5 Å². The minimum absolute atomic E-state index is 0. The average molecular weight is 366 g/mol. The highest BCUT2D eigenvalue weighted by Gasteiger charge is 2.12. The Labute approximate surface area is 158 Å². The SMILES string of the molecule is C=Cc1cc(C(=O)NCc2ccc(OC(=C)C)c(NC)c2)nc2nncn12.[HH]. The van der Waals surface area contributed by atoms with Crippen molar-refractivity contribution in [1.29, 1.82) is 0 Å². The molecule has 2 N–H and O–H groups in total. The first-order valence-corrected chi connectivity index (χ1v) is 8.27. The van der Waals surface area contributed by atoms with Crippen molar-refractivity contribution in [3.63, 3.8) is 0 Å². The minimum atomic E-state index is -0.308. The van der Waals surface area contributed by atoms with Crippen LogP contribution in [0.3, 0.4) is 0 Å². The first-order valence-electron chi connectivity index (χ1n) is 8.27. The summed E-state index contributed by atoms with van der Waals surface area (Å²) < 4.78 is 7.22. The highest BCUT2D eigenvalue weighted by Crippen LogP contribution is 2.26. The molecule has 0 aliphatic rings. The molecule has 8 nitrogen and oxygen atoms in total. The van der Waals surface area contributed by atoms with Gasteiger partial charge in [-0.05, 0) is 36.8 Å². The zero-order valence-corrected chi connectivity index (χ0v) is 15.2. The summed E-state index contributed by atoms with van der Waals surface area (Å²) in [7, 11) is 1.80. The van der Waals surface area contributed by atoms with Crippen LogP contribution in [0.2, 0.25) is 0 Å². The molecule has 0 aliphatic heterocycles. The predicted octanol–water partition coefficient (Wildman–Crippen LogP) is 2.90. The van der Waals surface area contributed by atoms with Crippen molar-refractivity contribution in [3.8, 4) is 5.75 Å². The highest BCUT2D eigenvalue weighted by molar-refractivity contribution is 5.93. The van der Waals surface area contributed by atoms with Gasteiger partial charge in [0.05, 0.1) is 17.1 Å². The number of carbonyl (C=O) groups is 1. The summed E-state index contributed by atoms with van der Waals surface area (Å²) >= 11 is 0. The lowest BCUT2D eigenvalue weighted by Gasteiger charge is -2.13. The third-order valence-electron chi connectivity index (χ3n) is 3.81. The highest BCUT2D eigenvalue weighted by atomic mass is 16.5. The van der Waals surface area contributed by atoms with Gasteiger partial charge < -0.3 is 15.4 Å². The molecular weight excluding hydrogens is 344 g/mol. The number of aromatic nitrogens is 4. The second kappa shape index (κ2) is 7.69. The molecule has 2 aromatic heterocycles. The van der Waals surface area contributed by atoms with E-state index in [0.717, 1.165) is 11.3 Å². The first kappa shape index (κ1) is 18.1. The maximum absolute atomic E-state index is 12.5. The van der Waals surface area contributed by atoms with Crippen molar-refractivity contribution >= 4 is 23.4 Å². The smallest absolute Gasteiger partial charge is 0.270 e. The molecule has 140 valence electrons. The topological polar surface area (TPSA) is 93.4 Å². The second-order valence-electron chi connectivity index (χ2n) is 5.84. The van der Waals surface area contributed by atoms with Gasteiger partial charge in [0, 0.05) is 15.0 Å². The van der Waals surface area contributed by atoms with Gasteiger partial charge in [-0.25, -0.2) is 4.98 Å². The van der Waals surface area contributed by atoms with Crippen molar-refractivity contribution in [2.75, 3.05) is 12.4 Å². The molecule has 0 saturated carbocycles. The van der Waals surface area contributed by atoms with Gasteiger partial charge in [0.1, 0.15) is 17.8 Å². The molecule has 1 amide bonds. The Morgan fingerprint density at radius 1 is 1.41 bits per heavy atom. The van der Waals surface area contributed by atoms with Crippen molar-refractivity contribution in [3.05, 3.63) is 66.5 Å². The van der Waals surface area contributed by atoms with Gasteiger partial charge in [0.25, 0.3) is 11.7 Å². The van der Waals surface area contributed by atoms with Gasteiger partial charge in [0.15, 0.2) is 0 Å². The van der Waals surface area contributed by atoms with E-state index in [-0.39, 0.29) is 13.0 Å². The molecule has 0 bridgehead atoms. The van der Waals surface area contributed by atoms with E-state index in [9.17, 15) is 4.79 Å². The lowest BCUT2D eigenvalue weighted by Crippen LogP contribution is -2.24. The Bertz CT molecular complexity index is 1030. The van der Waals surface area contributed by atoms with E-state index in [2.05, 4.69) is 39.0 Å². The summed E-state index contributed by atoms with van der Waals surface area (Å²) in [4.78, 5) is 16.7. The fourth-order valence-electron chi connectivity index (χ4n) is 2.54. The van der Waals surface area contributed by atoms with Gasteiger partial charge >= 0.3 is 0 Å². The summed E-state index contributed by atoms with van der Waals surface area (Å²) in [6.07, 6.45) is 3.14. The van der Waals surface area contributed by atoms with Gasteiger partial charge in [-0.1, -0.05) is 19.2 Å². The van der Waals surface area contributed by atoms with Crippen LogP contribution in [-0.2, 0) is 6.54 Å². The number of benzene rings is 1. The first-order chi connectivity index (χ1) is 13.0. The molecule has 2 heterocycles. The van der Waals surface area contributed by atoms with Crippen LogP contribution >= 0.6 is 0 Å². The summed E-state index contributed by atoms with van der Waals surface area (Å²) in [5, 5.41) is 13.6. The number of allylic oxidation sites excluding steroid dienone is 1. The number of nitrogens with zero attached hydrogens (tertiary/aromatic N) is 4. The maximum Gasteiger partial charge on any atom is 0.270 e. The van der Waals surface area contributed by atoms with Crippen LogP contribution < -0.4 is 15.4 Å². The summed E-state index contributed by atoms with van der Waals surface area (Å²) in [5.74, 6) is 1.31. The molecule has 3 rings (SSSR count). The summed E-state index contributed by atoms with van der Waals surface area (Å²) in [6, 6.07) is 7.26. The molecule has 0 spiro atoms. The van der Waals surface area contributed by atoms with Crippen LogP contribution in [0.25, 0.3) is 11.9 Å². The standard InChI is InChI=1S/C19H20N6O2.H2/c1-5-14-9-16(23-19-24-22-11-25(14)19)18(26)21-10-13-6-7-17(27-12(2)3)15(8-13)20-4;/h5-9,11,20H,1-2,10H2,3-4H3,(H,21,26);1H. The van der Waals surface area contributed by atoms with Gasteiger partial charge in [-0.15, -0.1) is 10.2 Å². The van der Waals surface area contributed by atoms with Crippen molar-refractivity contribution in [1.82, 2.24) is 24.9 Å². The molecule has 0 atom stereocenters. The monoisotopic (exact) mass is 366 g/mol. The number of rotatable bonds is 7. The quantitative estimate of drug-likeness (QED) is 0.625. The molecule has 3 aromatic rings. The average Bonchev–Trinajstić information content (AvgIpc) is 3.14. The number of nitrogens with one attached hydrogen (secondary N) is 2. The second-order valence-corrected chi connectivity index (χ2v) is 5.84. The normalized spacial score (nSPS) is 10.4. The van der Waals surface area contributed by atoms with E-state index in [0.29, 0.717) is 29.5 Å². The Kier molecular flexibility index (Phi) is 5.16. The summed E-state index contributed by atoms with van der Waals surface area (Å²) in [6.45, 7) is 9.60. The Morgan fingerprint density at radius 3 is 2.93 bits per heavy atom. The summed E-state index contributed by atoms with van der Waals surface area (Å²) in [5.41, 5.74) is 2.66. The molecule has 0 saturated heterocycles. The fraction of sp³-hybridized carbons (Fsp3) is 0.158. The van der Waals surface area contributed by atoms with E-state index in [1.54, 1.807) is 30.5 Å². The number of anilines is 1. The van der Waals surface area contributed by atoms with Crippen LogP contribution in [0, 0.1) is 0 Å². The van der Waals surface area contributed by atoms with E-state index >= 15 is 0 Å². The molecule has 27 heavy (non-hydrogen) atoms. The molecule has 0 radical (unpaired) electrons. The number of hydrogen-bond donors (Lipinski definition) is 2. The van der Waals surface area contributed by atoms with Crippen LogP contribution in [0.4, 0.5) is 5.69 Å². The van der Waals surface area contributed by atoms with E-state index in [1.807, 2.05) is 18.2 Å². The van der Waals surface area contributed by atoms with Crippen molar-refractivity contribution in [2.24, 2.45) is 0 Å². The van der Waals surface area contributed by atoms with Gasteiger partial charge in [-0.3, -0.25) is 9.20 Å². The van der Waals surface area contributed by atoms with Gasteiger partial charge in [-0.2, -0.15) is 0 Å². The molecule has 0 aliphatic carbocycles. The lowest BCUT2D eigenvalue weighted by molar-refractivity contribution is 0.0946. The largest absolute Gasteiger partial charge is 0.460 e. The maximum atomic E-state index is 12.5. The van der Waals surface area contributed by atoms with E-state index in [1.165, 1.54) is 6.33 Å². The number of hydrogen-bond acceptors (Lipinski definition) is 6. The third kappa shape index (κ3) is 3.95. The van der Waals surface area contributed by atoms with Crippen LogP contribution in [0.1, 0.15) is 30.1 Å². The molecule has 0 fully saturated rings. The molecule has 1 aromatic carbocycles. The number of fused-ring (bicyclic) bond motifs is 1. The predicted molar refractivity (Wildman–Crippen MR) is 106 cm³/mol. The Morgan fingerprint density at radius 2 is 2.22 bits per heavy atom. The third-order valence-corrected chi connectivity index (χ3v) is 3.81. The minimum Gasteiger partial charge on any atom is -0.460 e. The molecule has 8 heteroatoms. The van der Waals surface area contributed by atoms with Gasteiger partial charge in [0.2, 0.25) is 0 Å². The number of carbonyl (C=O) groups excluding carboxylic acids is 1. The van der Waals surface area contributed by atoms with E-state index in [4.69, 9.17) is 4.74 Å². The fourth-order valence-corrected chi connectivity index (χ4v) is 2.54. The Balaban J connectivity index is 0.00000280. The number of amides is 1. The van der Waals surface area contributed by atoms with Crippen molar-refractivity contribution in [2.45, 2.75) is 13.5 Å².